The van der Waals surface area contributed by atoms with E-state index in [2.05, 4.69) is 0 Å². The van der Waals surface area contributed by atoms with E-state index in [1.807, 2.05) is 11.4 Å². The van der Waals surface area contributed by atoms with Gasteiger partial charge in [0.1, 0.15) is 11.3 Å². The molecule has 94 valence electrons. The number of hydrogen-bond acceptors (Lipinski definition) is 4. The van der Waals surface area contributed by atoms with Gasteiger partial charge in [-0.25, -0.2) is 0 Å². The molecule has 1 aromatic carbocycles. The highest BCUT2D eigenvalue weighted by molar-refractivity contribution is 7.12. The third-order valence-corrected chi connectivity index (χ3v) is 3.63. The summed E-state index contributed by atoms with van der Waals surface area (Å²) in [6.07, 6.45) is 0. The van der Waals surface area contributed by atoms with E-state index >= 15 is 0 Å². The summed E-state index contributed by atoms with van der Waals surface area (Å²) < 4.78 is 10.4. The van der Waals surface area contributed by atoms with Crippen LogP contribution in [0.2, 0.25) is 5.02 Å². The smallest absolute Gasteiger partial charge is 0.210 e. The van der Waals surface area contributed by atoms with Crippen LogP contribution in [0.5, 0.6) is 11.5 Å². The summed E-state index contributed by atoms with van der Waals surface area (Å²) in [5.41, 5.74) is 0.356. The van der Waals surface area contributed by atoms with Gasteiger partial charge in [0, 0.05) is 0 Å². The van der Waals surface area contributed by atoms with E-state index < -0.39 is 0 Å². The molecular formula is C13H11ClO3S. The number of ether oxygens (including phenoxy) is 2. The van der Waals surface area contributed by atoms with Crippen molar-refractivity contribution in [3.63, 3.8) is 0 Å². The minimum Gasteiger partial charge on any atom is -0.496 e. The Labute approximate surface area is 114 Å². The number of benzene rings is 1. The molecule has 0 saturated heterocycles. The van der Waals surface area contributed by atoms with Crippen LogP contribution < -0.4 is 9.47 Å². The number of thiophene rings is 1. The molecule has 0 radical (unpaired) electrons. The van der Waals surface area contributed by atoms with E-state index in [1.54, 1.807) is 18.2 Å². The number of ketones is 1. The van der Waals surface area contributed by atoms with Gasteiger partial charge < -0.3 is 9.47 Å². The molecule has 3 nitrogen and oxygen atoms in total. The minimum absolute atomic E-state index is 0.152. The minimum atomic E-state index is -0.152. The second-order valence-electron chi connectivity index (χ2n) is 3.46. The van der Waals surface area contributed by atoms with Crippen molar-refractivity contribution >= 4 is 28.7 Å². The number of hydrogen-bond donors (Lipinski definition) is 0. The molecule has 0 aliphatic rings. The lowest BCUT2D eigenvalue weighted by Gasteiger charge is -2.12. The fourth-order valence-electron chi connectivity index (χ4n) is 1.65. The van der Waals surface area contributed by atoms with E-state index in [9.17, 15) is 4.79 Å². The van der Waals surface area contributed by atoms with E-state index in [4.69, 9.17) is 21.1 Å². The fraction of sp³-hybridized carbons (Fsp3) is 0.154. The van der Waals surface area contributed by atoms with Crippen molar-refractivity contribution < 1.29 is 14.3 Å². The monoisotopic (exact) mass is 282 g/mol. The summed E-state index contributed by atoms with van der Waals surface area (Å²) in [5.74, 6) is 0.644. The van der Waals surface area contributed by atoms with Gasteiger partial charge in [0.25, 0.3) is 0 Å². The lowest BCUT2D eigenvalue weighted by Crippen LogP contribution is -2.05. The SMILES string of the molecule is COc1ccc(Cl)c(OC)c1C(=O)c1cccs1. The van der Waals surface area contributed by atoms with Crippen molar-refractivity contribution in [2.24, 2.45) is 0 Å². The predicted octanol–water partition coefficient (Wildman–Crippen LogP) is 3.65. The van der Waals surface area contributed by atoms with Gasteiger partial charge in [-0.15, -0.1) is 11.3 Å². The van der Waals surface area contributed by atoms with Crippen molar-refractivity contribution in [2.75, 3.05) is 14.2 Å². The number of rotatable bonds is 4. The summed E-state index contributed by atoms with van der Waals surface area (Å²) in [5, 5.41) is 2.23. The molecule has 2 rings (SSSR count). The number of carbonyl (C=O) groups excluding carboxylic acids is 1. The molecule has 1 heterocycles. The molecule has 18 heavy (non-hydrogen) atoms. The van der Waals surface area contributed by atoms with Crippen LogP contribution in [0.25, 0.3) is 0 Å². The molecule has 2 aromatic rings. The van der Waals surface area contributed by atoms with Crippen LogP contribution in [-0.2, 0) is 0 Å². The van der Waals surface area contributed by atoms with Crippen LogP contribution in [0.1, 0.15) is 15.2 Å². The van der Waals surface area contributed by atoms with Crippen molar-refractivity contribution in [1.29, 1.82) is 0 Å². The summed E-state index contributed by atoms with van der Waals surface area (Å²) in [6, 6.07) is 6.88. The first-order valence-electron chi connectivity index (χ1n) is 5.17. The van der Waals surface area contributed by atoms with E-state index in [0.717, 1.165) is 0 Å². The molecule has 5 heteroatoms. The van der Waals surface area contributed by atoms with E-state index in [-0.39, 0.29) is 5.78 Å². The lowest BCUT2D eigenvalue weighted by atomic mass is 10.1. The van der Waals surface area contributed by atoms with Crippen LogP contribution in [0.15, 0.2) is 29.6 Å². The maximum Gasteiger partial charge on any atom is 0.210 e. The fourth-order valence-corrected chi connectivity index (χ4v) is 2.56. The Balaban J connectivity index is 2.61. The molecule has 0 atom stereocenters. The molecule has 0 N–H and O–H groups in total. The number of halogens is 1. The standard InChI is InChI=1S/C13H11ClO3S/c1-16-9-6-5-8(14)13(17-2)11(9)12(15)10-4-3-7-18-10/h3-7H,1-2H3. The Morgan fingerprint density at radius 2 is 2.00 bits per heavy atom. The highest BCUT2D eigenvalue weighted by atomic mass is 35.5. The van der Waals surface area contributed by atoms with Crippen molar-refractivity contribution in [2.45, 2.75) is 0 Å². The van der Waals surface area contributed by atoms with Crippen molar-refractivity contribution in [1.82, 2.24) is 0 Å². The highest BCUT2D eigenvalue weighted by Crippen LogP contribution is 2.37. The predicted molar refractivity (Wildman–Crippen MR) is 72.3 cm³/mol. The molecule has 0 saturated carbocycles. The van der Waals surface area contributed by atoms with Crippen molar-refractivity contribution in [3.8, 4) is 11.5 Å². The Bertz CT molecular complexity index is 564. The topological polar surface area (TPSA) is 35.5 Å². The molecule has 0 spiro atoms. The van der Waals surface area contributed by atoms with E-state index in [1.165, 1.54) is 25.6 Å². The Hall–Kier alpha value is -1.52. The summed E-state index contributed by atoms with van der Waals surface area (Å²) >= 11 is 7.40. The molecule has 0 aliphatic carbocycles. The third kappa shape index (κ3) is 2.21. The van der Waals surface area contributed by atoms with Gasteiger partial charge >= 0.3 is 0 Å². The van der Waals surface area contributed by atoms with Gasteiger partial charge in [0.15, 0.2) is 5.75 Å². The zero-order chi connectivity index (χ0) is 13.1. The van der Waals surface area contributed by atoms with Gasteiger partial charge in [-0.05, 0) is 23.6 Å². The average molecular weight is 283 g/mol. The maximum absolute atomic E-state index is 12.4. The van der Waals surface area contributed by atoms with Crippen LogP contribution in [-0.4, -0.2) is 20.0 Å². The molecule has 0 unspecified atom stereocenters. The first-order valence-corrected chi connectivity index (χ1v) is 6.43. The summed E-state index contributed by atoms with van der Waals surface area (Å²) in [6.45, 7) is 0. The molecule has 0 amide bonds. The molecule has 0 aliphatic heterocycles. The average Bonchev–Trinajstić information content (AvgIpc) is 2.91. The Morgan fingerprint density at radius 3 is 2.56 bits per heavy atom. The quantitative estimate of drug-likeness (QED) is 0.803. The largest absolute Gasteiger partial charge is 0.496 e. The Kier molecular flexibility index (Phi) is 3.89. The van der Waals surface area contributed by atoms with Crippen LogP contribution in [0.4, 0.5) is 0 Å². The van der Waals surface area contributed by atoms with Crippen LogP contribution in [0, 0.1) is 0 Å². The third-order valence-electron chi connectivity index (χ3n) is 2.47. The molecule has 0 fully saturated rings. The zero-order valence-corrected chi connectivity index (χ0v) is 11.5. The van der Waals surface area contributed by atoms with Gasteiger partial charge in [-0.3, -0.25) is 4.79 Å². The second-order valence-corrected chi connectivity index (χ2v) is 4.82. The van der Waals surface area contributed by atoms with Crippen LogP contribution >= 0.6 is 22.9 Å². The summed E-state index contributed by atoms with van der Waals surface area (Å²) in [4.78, 5) is 13.0. The van der Waals surface area contributed by atoms with Crippen LogP contribution in [0.3, 0.4) is 0 Å². The maximum atomic E-state index is 12.4. The number of carbonyl (C=O) groups is 1. The van der Waals surface area contributed by atoms with Gasteiger partial charge in [-0.2, -0.15) is 0 Å². The molecule has 0 bridgehead atoms. The van der Waals surface area contributed by atoms with Gasteiger partial charge in [0.2, 0.25) is 5.78 Å². The van der Waals surface area contributed by atoms with Gasteiger partial charge in [-0.1, -0.05) is 17.7 Å². The number of methoxy groups -OCH3 is 2. The second kappa shape index (κ2) is 5.42. The normalized spacial score (nSPS) is 10.2. The lowest BCUT2D eigenvalue weighted by molar-refractivity contribution is 0.103. The first-order chi connectivity index (χ1) is 8.69. The van der Waals surface area contributed by atoms with Gasteiger partial charge in [0.05, 0.1) is 24.1 Å². The molecular weight excluding hydrogens is 272 g/mol. The highest BCUT2D eigenvalue weighted by Gasteiger charge is 2.22. The molecule has 1 aromatic heterocycles. The van der Waals surface area contributed by atoms with E-state index in [0.29, 0.717) is 27.0 Å². The first kappa shape index (κ1) is 12.9. The Morgan fingerprint density at radius 1 is 1.22 bits per heavy atom. The zero-order valence-electron chi connectivity index (χ0n) is 9.90. The van der Waals surface area contributed by atoms with Crippen molar-refractivity contribution in [3.05, 3.63) is 45.1 Å². The summed E-state index contributed by atoms with van der Waals surface area (Å²) in [7, 11) is 2.99.